The van der Waals surface area contributed by atoms with E-state index in [0.717, 1.165) is 51.9 Å². The van der Waals surface area contributed by atoms with Gasteiger partial charge in [-0.25, -0.2) is 8.91 Å². The van der Waals surface area contributed by atoms with E-state index in [9.17, 15) is 9.18 Å². The Morgan fingerprint density at radius 1 is 1.17 bits per heavy atom. The number of hydrogen-bond acceptors (Lipinski definition) is 5. The number of aryl methyl sites for hydroxylation is 2. The van der Waals surface area contributed by atoms with Gasteiger partial charge in [0, 0.05) is 30.7 Å². The summed E-state index contributed by atoms with van der Waals surface area (Å²) in [6.45, 7) is 0.264. The van der Waals surface area contributed by atoms with E-state index in [4.69, 9.17) is 5.73 Å². The first kappa shape index (κ1) is 22.2. The number of aromatic nitrogens is 5. The quantitative estimate of drug-likeness (QED) is 0.360. The van der Waals surface area contributed by atoms with E-state index in [2.05, 4.69) is 20.5 Å². The van der Waals surface area contributed by atoms with Crippen molar-refractivity contribution in [3.8, 4) is 11.1 Å². The van der Waals surface area contributed by atoms with Crippen LogP contribution in [0.2, 0.25) is 0 Å². The van der Waals surface area contributed by atoms with Crippen molar-refractivity contribution in [3.05, 3.63) is 77.4 Å². The second kappa shape index (κ2) is 8.75. The molecule has 0 radical (unpaired) electrons. The van der Waals surface area contributed by atoms with Crippen molar-refractivity contribution < 1.29 is 9.18 Å². The molecule has 0 aliphatic heterocycles. The molecule has 1 aliphatic carbocycles. The molecule has 182 valence electrons. The molecule has 5 aromatic rings. The number of anilines is 1. The van der Waals surface area contributed by atoms with E-state index < -0.39 is 0 Å². The molecule has 36 heavy (non-hydrogen) atoms. The number of benzene rings is 2. The molecule has 0 bridgehead atoms. The monoisotopic (exact) mass is 483 g/mol. The molecule has 9 heteroatoms. The minimum Gasteiger partial charge on any atom is -0.366 e. The summed E-state index contributed by atoms with van der Waals surface area (Å²) in [5.41, 5.74) is 11.3. The number of pyridine rings is 1. The van der Waals surface area contributed by atoms with Crippen LogP contribution in [0.4, 0.5) is 10.3 Å². The highest BCUT2D eigenvalue weighted by atomic mass is 19.1. The lowest BCUT2D eigenvalue weighted by atomic mass is 9.99. The summed E-state index contributed by atoms with van der Waals surface area (Å²) in [5.74, 6) is 0.456. The standard InChI is InChI=1S/C27H26FN7O/c1-34-24-12-19(26(36)30-14-20-10-21(28)7-6-17(20)5-4-16-2-3-16)11-22(23(24)15-31-34)18-8-9-35-25(13-18)32-27(29)33-35/h6-13,15-16H,2-5,14H2,1H3,(H2,29,33)(H,30,36). The fourth-order valence-corrected chi connectivity index (χ4v) is 4.73. The van der Waals surface area contributed by atoms with Crippen LogP contribution in [0.1, 0.15) is 40.7 Å². The summed E-state index contributed by atoms with van der Waals surface area (Å²) in [6.07, 6.45) is 8.14. The lowest BCUT2D eigenvalue weighted by Gasteiger charge is -2.13. The molecule has 0 unspecified atom stereocenters. The van der Waals surface area contributed by atoms with Crippen LogP contribution in [-0.4, -0.2) is 30.3 Å². The molecule has 0 saturated heterocycles. The lowest BCUT2D eigenvalue weighted by molar-refractivity contribution is 0.0951. The van der Waals surface area contributed by atoms with Gasteiger partial charge in [-0.05, 0) is 77.4 Å². The molecular formula is C27H26FN7O. The second-order valence-corrected chi connectivity index (χ2v) is 9.49. The van der Waals surface area contributed by atoms with Gasteiger partial charge in [0.05, 0.1) is 11.7 Å². The largest absolute Gasteiger partial charge is 0.366 e. The molecule has 8 nitrogen and oxygen atoms in total. The maximum absolute atomic E-state index is 14.0. The Balaban J connectivity index is 1.31. The molecular weight excluding hydrogens is 457 g/mol. The molecule has 0 spiro atoms. The summed E-state index contributed by atoms with van der Waals surface area (Å²) < 4.78 is 17.3. The topological polar surface area (TPSA) is 103 Å². The van der Waals surface area contributed by atoms with E-state index in [1.54, 1.807) is 21.6 Å². The van der Waals surface area contributed by atoms with Crippen LogP contribution in [0.5, 0.6) is 0 Å². The fourth-order valence-electron chi connectivity index (χ4n) is 4.73. The van der Waals surface area contributed by atoms with Gasteiger partial charge in [-0.2, -0.15) is 10.1 Å². The highest BCUT2D eigenvalue weighted by molar-refractivity contribution is 6.03. The minimum absolute atomic E-state index is 0.195. The van der Waals surface area contributed by atoms with Gasteiger partial charge in [0.2, 0.25) is 5.95 Å². The molecule has 1 aliphatic rings. The highest BCUT2D eigenvalue weighted by Crippen LogP contribution is 2.34. The predicted octanol–water partition coefficient (Wildman–Crippen LogP) is 4.28. The summed E-state index contributed by atoms with van der Waals surface area (Å²) in [5, 5.41) is 12.4. The van der Waals surface area contributed by atoms with Crippen LogP contribution < -0.4 is 11.1 Å². The van der Waals surface area contributed by atoms with Crippen molar-refractivity contribution in [2.45, 2.75) is 32.2 Å². The molecule has 6 rings (SSSR count). The van der Waals surface area contributed by atoms with E-state index in [0.29, 0.717) is 11.2 Å². The number of halogens is 1. The maximum atomic E-state index is 14.0. The Labute approximate surface area is 206 Å². The third-order valence-corrected chi connectivity index (χ3v) is 6.92. The number of carbonyl (C=O) groups excluding carboxylic acids is 1. The normalized spacial score (nSPS) is 13.5. The third kappa shape index (κ3) is 4.28. The molecule has 1 saturated carbocycles. The SMILES string of the molecule is Cn1ncc2c(-c3ccn4nc(N)nc4c3)cc(C(=O)NCc3cc(F)ccc3CCC3CC3)cc21. The van der Waals surface area contributed by atoms with Crippen molar-refractivity contribution in [1.29, 1.82) is 0 Å². The van der Waals surface area contributed by atoms with Crippen LogP contribution in [-0.2, 0) is 20.0 Å². The number of nitrogen functional groups attached to an aromatic ring is 1. The van der Waals surface area contributed by atoms with Gasteiger partial charge >= 0.3 is 0 Å². The number of nitrogens with two attached hydrogens (primary N) is 1. The fraction of sp³-hybridized carbons (Fsp3) is 0.259. The molecule has 3 N–H and O–H groups in total. The van der Waals surface area contributed by atoms with E-state index in [1.807, 2.05) is 37.4 Å². The van der Waals surface area contributed by atoms with Crippen LogP contribution in [0.25, 0.3) is 27.7 Å². The Hall–Kier alpha value is -4.27. The van der Waals surface area contributed by atoms with E-state index >= 15 is 0 Å². The van der Waals surface area contributed by atoms with Gasteiger partial charge in [0.15, 0.2) is 5.65 Å². The number of amides is 1. The van der Waals surface area contributed by atoms with Crippen LogP contribution in [0.3, 0.4) is 0 Å². The first-order valence-electron chi connectivity index (χ1n) is 12.1. The number of carbonyl (C=O) groups is 1. The third-order valence-electron chi connectivity index (χ3n) is 6.92. The average Bonchev–Trinajstić information content (AvgIpc) is 3.52. The van der Waals surface area contributed by atoms with E-state index in [-0.39, 0.29) is 24.2 Å². The van der Waals surface area contributed by atoms with Crippen molar-refractivity contribution in [2.75, 3.05) is 5.73 Å². The number of nitrogens with one attached hydrogen (secondary N) is 1. The highest BCUT2D eigenvalue weighted by Gasteiger charge is 2.21. The number of nitrogens with zero attached hydrogens (tertiary/aromatic N) is 5. The Morgan fingerprint density at radius 3 is 2.86 bits per heavy atom. The molecule has 0 atom stereocenters. The lowest BCUT2D eigenvalue weighted by Crippen LogP contribution is -2.23. The molecule has 2 aromatic carbocycles. The second-order valence-electron chi connectivity index (χ2n) is 9.49. The van der Waals surface area contributed by atoms with Crippen LogP contribution >= 0.6 is 0 Å². The Bertz CT molecular complexity index is 1620. The van der Waals surface area contributed by atoms with Gasteiger partial charge in [-0.1, -0.05) is 18.9 Å². The first-order valence-corrected chi connectivity index (χ1v) is 12.1. The zero-order valence-corrected chi connectivity index (χ0v) is 19.9. The summed E-state index contributed by atoms with van der Waals surface area (Å²) in [7, 11) is 1.84. The van der Waals surface area contributed by atoms with Crippen LogP contribution in [0, 0.1) is 11.7 Å². The average molecular weight is 484 g/mol. The van der Waals surface area contributed by atoms with Crippen molar-refractivity contribution in [3.63, 3.8) is 0 Å². The van der Waals surface area contributed by atoms with Crippen LogP contribution in [0.15, 0.2) is 54.9 Å². The zero-order chi connectivity index (χ0) is 24.8. The van der Waals surface area contributed by atoms with Gasteiger partial charge in [-0.3, -0.25) is 9.48 Å². The first-order chi connectivity index (χ1) is 17.4. The Kier molecular flexibility index (Phi) is 5.40. The summed E-state index contributed by atoms with van der Waals surface area (Å²) in [6, 6.07) is 12.3. The number of fused-ring (bicyclic) bond motifs is 2. The molecule has 3 aromatic heterocycles. The minimum atomic E-state index is -0.294. The molecule has 1 amide bonds. The van der Waals surface area contributed by atoms with Crippen molar-refractivity contribution >= 4 is 28.4 Å². The van der Waals surface area contributed by atoms with Gasteiger partial charge in [0.1, 0.15) is 5.82 Å². The zero-order valence-electron chi connectivity index (χ0n) is 19.9. The predicted molar refractivity (Wildman–Crippen MR) is 136 cm³/mol. The smallest absolute Gasteiger partial charge is 0.251 e. The molecule has 3 heterocycles. The molecule has 1 fully saturated rings. The summed E-state index contributed by atoms with van der Waals surface area (Å²) in [4.78, 5) is 17.5. The van der Waals surface area contributed by atoms with Gasteiger partial charge < -0.3 is 11.1 Å². The van der Waals surface area contributed by atoms with Crippen molar-refractivity contribution in [1.82, 2.24) is 29.7 Å². The van der Waals surface area contributed by atoms with Crippen molar-refractivity contribution in [2.24, 2.45) is 13.0 Å². The number of rotatable bonds is 7. The van der Waals surface area contributed by atoms with Gasteiger partial charge in [-0.15, -0.1) is 5.10 Å². The Morgan fingerprint density at radius 2 is 2.03 bits per heavy atom. The maximum Gasteiger partial charge on any atom is 0.251 e. The van der Waals surface area contributed by atoms with E-state index in [1.165, 1.54) is 25.0 Å². The number of hydrogen-bond donors (Lipinski definition) is 2. The summed E-state index contributed by atoms with van der Waals surface area (Å²) >= 11 is 0. The van der Waals surface area contributed by atoms with Gasteiger partial charge in [0.25, 0.3) is 5.91 Å².